The highest BCUT2D eigenvalue weighted by Crippen LogP contribution is 2.46. The summed E-state index contributed by atoms with van der Waals surface area (Å²) in [6.07, 6.45) is 0. The summed E-state index contributed by atoms with van der Waals surface area (Å²) in [5.74, 6) is 1.05. The van der Waals surface area contributed by atoms with E-state index in [0.29, 0.717) is 41.1 Å². The largest absolute Gasteiger partial charge is 0.396 e. The molecule has 1 aliphatic carbocycles. The number of nitrogens with two attached hydrogens (primary N) is 1. The fourth-order valence-electron chi connectivity index (χ4n) is 4.08. The molecule has 146 valence electrons. The summed E-state index contributed by atoms with van der Waals surface area (Å²) in [6, 6.07) is 10.3. The molecule has 28 heavy (non-hydrogen) atoms. The van der Waals surface area contributed by atoms with E-state index < -0.39 is 0 Å². The van der Waals surface area contributed by atoms with Crippen LogP contribution in [0.2, 0.25) is 0 Å². The van der Waals surface area contributed by atoms with E-state index in [2.05, 4.69) is 15.6 Å². The monoisotopic (exact) mass is 383 g/mol. The van der Waals surface area contributed by atoms with Gasteiger partial charge in [-0.15, -0.1) is 0 Å². The fraction of sp³-hybridized carbons (Fsp3) is 0.400. The maximum Gasteiger partial charge on any atom is 0.323 e. The van der Waals surface area contributed by atoms with Gasteiger partial charge in [0, 0.05) is 24.7 Å². The van der Waals surface area contributed by atoms with Crippen LogP contribution in [0.4, 0.5) is 20.7 Å². The molecule has 2 aromatic rings. The molecule has 3 atom stereocenters. The lowest BCUT2D eigenvalue weighted by Gasteiger charge is -2.29. The van der Waals surface area contributed by atoms with E-state index in [4.69, 9.17) is 10.5 Å². The third kappa shape index (κ3) is 3.18. The molecular formula is C20H22FN5O2. The Labute approximate surface area is 162 Å². The van der Waals surface area contributed by atoms with Crippen LogP contribution >= 0.6 is 0 Å². The molecule has 7 nitrogen and oxygen atoms in total. The Bertz CT molecular complexity index is 890. The minimum absolute atomic E-state index is 0.187. The summed E-state index contributed by atoms with van der Waals surface area (Å²) in [4.78, 5) is 18.9. The van der Waals surface area contributed by atoms with Crippen molar-refractivity contribution in [3.8, 4) is 11.3 Å². The van der Waals surface area contributed by atoms with Gasteiger partial charge < -0.3 is 20.7 Å². The maximum atomic E-state index is 13.1. The number of likely N-dealkylation sites (tertiary alicyclic amines) is 1. The number of anilines is 2. The summed E-state index contributed by atoms with van der Waals surface area (Å²) < 4.78 is 18.3. The van der Waals surface area contributed by atoms with Crippen LogP contribution in [-0.4, -0.2) is 54.3 Å². The smallest absolute Gasteiger partial charge is 0.323 e. The Morgan fingerprint density at radius 2 is 1.86 bits per heavy atom. The van der Waals surface area contributed by atoms with Crippen LogP contribution in [0.15, 0.2) is 36.4 Å². The lowest BCUT2D eigenvalue weighted by Crippen LogP contribution is -2.49. The first kappa shape index (κ1) is 17.4. The van der Waals surface area contributed by atoms with Crippen molar-refractivity contribution in [1.82, 2.24) is 15.2 Å². The number of urea groups is 1. The minimum Gasteiger partial charge on any atom is -0.396 e. The lowest BCUT2D eigenvalue weighted by molar-refractivity contribution is -0.00741. The normalized spacial score (nSPS) is 25.9. The summed E-state index contributed by atoms with van der Waals surface area (Å²) in [5, 5.41) is 6.43. The quantitative estimate of drug-likeness (QED) is 0.750. The average molecular weight is 383 g/mol. The van der Waals surface area contributed by atoms with Crippen molar-refractivity contribution < 1.29 is 13.9 Å². The number of rotatable bonds is 4. The first-order valence-electron chi connectivity index (χ1n) is 9.50. The van der Waals surface area contributed by atoms with Crippen molar-refractivity contribution in [2.24, 2.45) is 11.8 Å². The highest BCUT2D eigenvalue weighted by molar-refractivity contribution is 5.92. The second kappa shape index (κ2) is 6.72. The maximum absolute atomic E-state index is 13.1. The van der Waals surface area contributed by atoms with Crippen molar-refractivity contribution in [2.75, 3.05) is 37.4 Å². The van der Waals surface area contributed by atoms with E-state index in [1.807, 2.05) is 4.90 Å². The number of nitrogens with zero attached hydrogens (tertiary/aromatic N) is 2. The molecule has 1 aromatic heterocycles. The molecule has 4 N–H and O–H groups in total. The van der Waals surface area contributed by atoms with E-state index in [1.54, 1.807) is 24.3 Å². The van der Waals surface area contributed by atoms with Crippen LogP contribution in [0.3, 0.4) is 0 Å². The van der Waals surface area contributed by atoms with E-state index in [-0.39, 0.29) is 11.8 Å². The number of benzene rings is 1. The minimum atomic E-state index is -0.307. The molecule has 2 amide bonds. The third-order valence-electron chi connectivity index (χ3n) is 5.84. The van der Waals surface area contributed by atoms with Crippen molar-refractivity contribution >= 4 is 17.5 Å². The molecule has 2 aliphatic heterocycles. The van der Waals surface area contributed by atoms with Gasteiger partial charge in [-0.2, -0.15) is 0 Å². The van der Waals surface area contributed by atoms with Crippen LogP contribution < -0.4 is 16.4 Å². The zero-order chi connectivity index (χ0) is 19.3. The van der Waals surface area contributed by atoms with Crippen LogP contribution in [0, 0.1) is 17.7 Å². The van der Waals surface area contributed by atoms with E-state index in [1.165, 1.54) is 12.1 Å². The highest BCUT2D eigenvalue weighted by Gasteiger charge is 2.57. The molecule has 1 aromatic carbocycles. The second-order valence-electron chi connectivity index (χ2n) is 7.73. The molecule has 8 heteroatoms. The van der Waals surface area contributed by atoms with Crippen LogP contribution in [-0.2, 0) is 4.74 Å². The number of halogens is 1. The molecule has 1 saturated carbocycles. The zero-order valence-corrected chi connectivity index (χ0v) is 15.3. The number of piperidine rings is 1. The predicted molar refractivity (Wildman–Crippen MR) is 103 cm³/mol. The van der Waals surface area contributed by atoms with Gasteiger partial charge in [-0.1, -0.05) is 0 Å². The van der Waals surface area contributed by atoms with Crippen molar-refractivity contribution in [1.29, 1.82) is 0 Å². The van der Waals surface area contributed by atoms with Crippen LogP contribution in [0.25, 0.3) is 11.3 Å². The molecule has 0 spiro atoms. The van der Waals surface area contributed by atoms with E-state index >= 15 is 0 Å². The highest BCUT2D eigenvalue weighted by atomic mass is 19.1. The first-order valence-corrected chi connectivity index (χ1v) is 9.50. The van der Waals surface area contributed by atoms with Gasteiger partial charge in [0.25, 0.3) is 0 Å². The number of pyridine rings is 1. The van der Waals surface area contributed by atoms with Crippen LogP contribution in [0.5, 0.6) is 0 Å². The summed E-state index contributed by atoms with van der Waals surface area (Å²) in [6.45, 7) is 3.05. The van der Waals surface area contributed by atoms with Gasteiger partial charge in [0.05, 0.1) is 30.6 Å². The molecule has 3 aliphatic rings. The number of hydrogen-bond acceptors (Lipinski definition) is 5. The second-order valence-corrected chi connectivity index (χ2v) is 7.73. The van der Waals surface area contributed by atoms with E-state index in [0.717, 1.165) is 31.9 Å². The Balaban J connectivity index is 1.22. The summed E-state index contributed by atoms with van der Waals surface area (Å²) >= 11 is 0. The number of nitrogens with one attached hydrogen (secondary N) is 2. The molecule has 3 heterocycles. The summed E-state index contributed by atoms with van der Waals surface area (Å²) in [5.41, 5.74) is 7.78. The van der Waals surface area contributed by atoms with E-state index in [9.17, 15) is 9.18 Å². The molecule has 3 fully saturated rings. The van der Waals surface area contributed by atoms with Crippen molar-refractivity contribution in [3.05, 3.63) is 42.2 Å². The van der Waals surface area contributed by atoms with Gasteiger partial charge in [0.15, 0.2) is 5.82 Å². The third-order valence-corrected chi connectivity index (χ3v) is 5.84. The molecule has 2 unspecified atom stereocenters. The Morgan fingerprint density at radius 3 is 2.50 bits per heavy atom. The Hall–Kier alpha value is -2.71. The van der Waals surface area contributed by atoms with Gasteiger partial charge in [0.1, 0.15) is 5.82 Å². The number of fused-ring (bicyclic) bond motifs is 1. The zero-order valence-electron chi connectivity index (χ0n) is 15.3. The Kier molecular flexibility index (Phi) is 4.17. The van der Waals surface area contributed by atoms with Gasteiger partial charge in [-0.3, -0.25) is 5.32 Å². The molecule has 5 rings (SSSR count). The van der Waals surface area contributed by atoms with Gasteiger partial charge >= 0.3 is 6.03 Å². The number of carbonyl (C=O) groups excluding carboxylic acids is 1. The first-order chi connectivity index (χ1) is 13.6. The van der Waals surface area contributed by atoms with Gasteiger partial charge in [-0.05, 0) is 48.2 Å². The number of aromatic nitrogens is 1. The van der Waals surface area contributed by atoms with Crippen molar-refractivity contribution in [2.45, 2.75) is 12.1 Å². The lowest BCUT2D eigenvalue weighted by atomic mass is 10.1. The summed E-state index contributed by atoms with van der Waals surface area (Å²) in [7, 11) is 0. The standard InChI is InChI=1S/C20H22FN5O2/c21-12-3-1-11(2-4-12)17-6-5-16(22)19(24-17)25-20(27)26-7-14-15(8-26)18(14)23-13-9-28-10-13/h1-6,13-15,18,23H,7-10,22H2,(H,24,25,27)/t14-,15?,18?/m0/s1. The van der Waals surface area contributed by atoms with Gasteiger partial charge in [0.2, 0.25) is 0 Å². The average Bonchev–Trinajstić information content (AvgIpc) is 3.08. The predicted octanol–water partition coefficient (Wildman–Crippen LogP) is 1.92. The Morgan fingerprint density at radius 1 is 1.14 bits per heavy atom. The number of ether oxygens (including phenoxy) is 1. The molecule has 0 bridgehead atoms. The molecular weight excluding hydrogens is 361 g/mol. The topological polar surface area (TPSA) is 92.5 Å². The number of amides is 2. The number of hydrogen-bond donors (Lipinski definition) is 3. The van der Waals surface area contributed by atoms with Crippen LogP contribution in [0.1, 0.15) is 0 Å². The fourth-order valence-corrected chi connectivity index (χ4v) is 4.08. The number of carbonyl (C=O) groups is 1. The number of nitrogen functional groups attached to an aromatic ring is 1. The SMILES string of the molecule is Nc1ccc(-c2ccc(F)cc2)nc1NC(=O)N1CC2C(NC3COC3)[C@H]2C1. The molecule has 2 saturated heterocycles. The van der Waals surface area contributed by atoms with Gasteiger partial charge in [-0.25, -0.2) is 14.2 Å². The molecule has 0 radical (unpaired) electrons. The van der Waals surface area contributed by atoms with Crippen molar-refractivity contribution in [3.63, 3.8) is 0 Å².